The van der Waals surface area contributed by atoms with E-state index in [1.807, 2.05) is 27.7 Å². The Morgan fingerprint density at radius 1 is 1.19 bits per heavy atom. The van der Waals surface area contributed by atoms with E-state index in [0.29, 0.717) is 6.54 Å². The maximum absolute atomic E-state index is 13.4. The maximum atomic E-state index is 13.4. The lowest BCUT2D eigenvalue weighted by Crippen LogP contribution is -2.27. The Labute approximate surface area is 94.3 Å². The molecule has 0 fully saturated rings. The van der Waals surface area contributed by atoms with Crippen molar-refractivity contribution in [2.24, 2.45) is 0 Å². The number of hydrogen-bond donors (Lipinski definition) is 2. The highest BCUT2D eigenvalue weighted by atomic mass is 19.1. The largest absolute Gasteiger partial charge is 0.368 e. The quantitative estimate of drug-likeness (QED) is 0.836. The van der Waals surface area contributed by atoms with E-state index in [9.17, 15) is 8.78 Å². The van der Waals surface area contributed by atoms with Crippen molar-refractivity contribution in [2.75, 3.05) is 17.2 Å². The molecule has 1 heterocycles. The van der Waals surface area contributed by atoms with E-state index in [-0.39, 0.29) is 17.2 Å². The predicted octanol–water partition coefficient (Wildman–Crippen LogP) is 3.00. The third kappa shape index (κ3) is 3.32. The molecular formula is C11H17F2N3. The molecule has 0 aliphatic rings. The molecule has 0 radical (unpaired) electrons. The highest BCUT2D eigenvalue weighted by Crippen LogP contribution is 2.21. The molecule has 3 nitrogen and oxygen atoms in total. The molecule has 2 N–H and O–H groups in total. The highest BCUT2D eigenvalue weighted by molar-refractivity contribution is 5.48. The number of aromatic nitrogens is 1. The Bertz CT molecular complexity index is 372. The summed E-state index contributed by atoms with van der Waals surface area (Å²) >= 11 is 0. The Hall–Kier alpha value is -1.39. The van der Waals surface area contributed by atoms with Gasteiger partial charge in [0.15, 0.2) is 23.3 Å². The number of nitrogens with zero attached hydrogens (tertiary/aromatic N) is 1. The molecule has 1 aromatic rings. The van der Waals surface area contributed by atoms with Crippen LogP contribution in [0.4, 0.5) is 20.4 Å². The lowest BCUT2D eigenvalue weighted by atomic mass is 10.1. The van der Waals surface area contributed by atoms with Crippen molar-refractivity contribution in [1.29, 1.82) is 0 Å². The van der Waals surface area contributed by atoms with Crippen LogP contribution in [0.15, 0.2) is 6.07 Å². The van der Waals surface area contributed by atoms with Crippen LogP contribution in [0.2, 0.25) is 0 Å². The van der Waals surface area contributed by atoms with Crippen molar-refractivity contribution in [2.45, 2.75) is 33.2 Å². The molecule has 0 atom stereocenters. The zero-order valence-electron chi connectivity index (χ0n) is 9.99. The molecule has 1 rings (SSSR count). The summed E-state index contributed by atoms with van der Waals surface area (Å²) in [6.07, 6.45) is 0. The molecule has 0 aromatic carbocycles. The summed E-state index contributed by atoms with van der Waals surface area (Å²) < 4.78 is 26.7. The Balaban J connectivity index is 3.04. The summed E-state index contributed by atoms with van der Waals surface area (Å²) in [7, 11) is 0. The van der Waals surface area contributed by atoms with Crippen molar-refractivity contribution in [3.63, 3.8) is 0 Å². The standard InChI is InChI=1S/C11H17F2N3/c1-5-14-9-7(12)6-8(13)10(15-9)16-11(2,3)4/h6H,5H2,1-4H3,(H2,14,15,16). The first kappa shape index (κ1) is 12.7. The van der Waals surface area contributed by atoms with Crippen LogP contribution in [0.3, 0.4) is 0 Å². The van der Waals surface area contributed by atoms with Crippen molar-refractivity contribution < 1.29 is 8.78 Å². The molecule has 1 aromatic heterocycles. The van der Waals surface area contributed by atoms with Gasteiger partial charge in [0.2, 0.25) is 0 Å². The van der Waals surface area contributed by atoms with E-state index in [1.54, 1.807) is 0 Å². The van der Waals surface area contributed by atoms with Crippen LogP contribution in [0.25, 0.3) is 0 Å². The van der Waals surface area contributed by atoms with E-state index in [0.717, 1.165) is 6.07 Å². The molecular weight excluding hydrogens is 212 g/mol. The van der Waals surface area contributed by atoms with Gasteiger partial charge in [-0.1, -0.05) is 0 Å². The van der Waals surface area contributed by atoms with Crippen LogP contribution >= 0.6 is 0 Å². The van der Waals surface area contributed by atoms with E-state index < -0.39 is 11.6 Å². The molecule has 0 unspecified atom stereocenters. The second-order valence-electron chi connectivity index (χ2n) is 4.55. The van der Waals surface area contributed by atoms with Gasteiger partial charge in [-0.3, -0.25) is 0 Å². The van der Waals surface area contributed by atoms with Gasteiger partial charge in [0.05, 0.1) is 0 Å². The van der Waals surface area contributed by atoms with Gasteiger partial charge in [-0.2, -0.15) is 0 Å². The fourth-order valence-electron chi connectivity index (χ4n) is 1.20. The molecule has 90 valence electrons. The van der Waals surface area contributed by atoms with Gasteiger partial charge in [0.1, 0.15) is 0 Å². The lowest BCUT2D eigenvalue weighted by molar-refractivity contribution is 0.564. The highest BCUT2D eigenvalue weighted by Gasteiger charge is 2.16. The summed E-state index contributed by atoms with van der Waals surface area (Å²) in [5.41, 5.74) is -0.324. The van der Waals surface area contributed by atoms with Crippen LogP contribution in [-0.4, -0.2) is 17.1 Å². The van der Waals surface area contributed by atoms with Gasteiger partial charge in [-0.05, 0) is 27.7 Å². The predicted molar refractivity (Wildman–Crippen MR) is 61.7 cm³/mol. The van der Waals surface area contributed by atoms with Gasteiger partial charge >= 0.3 is 0 Å². The summed E-state index contributed by atoms with van der Waals surface area (Å²) in [5.74, 6) is -1.24. The molecule has 0 saturated heterocycles. The molecule has 16 heavy (non-hydrogen) atoms. The SMILES string of the molecule is CCNc1nc(NC(C)(C)C)c(F)cc1F. The van der Waals surface area contributed by atoms with Crippen LogP contribution < -0.4 is 10.6 Å². The Morgan fingerprint density at radius 2 is 1.75 bits per heavy atom. The first-order chi connectivity index (χ1) is 7.33. The van der Waals surface area contributed by atoms with Gasteiger partial charge in [0.25, 0.3) is 0 Å². The fourth-order valence-corrected chi connectivity index (χ4v) is 1.20. The van der Waals surface area contributed by atoms with Gasteiger partial charge < -0.3 is 10.6 Å². The average molecular weight is 229 g/mol. The number of rotatable bonds is 3. The van der Waals surface area contributed by atoms with Crippen LogP contribution in [-0.2, 0) is 0 Å². The molecule has 5 heteroatoms. The van der Waals surface area contributed by atoms with Crippen molar-refractivity contribution in [3.05, 3.63) is 17.7 Å². The zero-order valence-corrected chi connectivity index (χ0v) is 9.99. The minimum atomic E-state index is -0.686. The Morgan fingerprint density at radius 3 is 2.25 bits per heavy atom. The van der Waals surface area contributed by atoms with Gasteiger partial charge in [-0.15, -0.1) is 0 Å². The van der Waals surface area contributed by atoms with Crippen molar-refractivity contribution >= 4 is 11.6 Å². The van der Waals surface area contributed by atoms with Crippen LogP contribution in [0, 0.1) is 11.6 Å². The minimum absolute atomic E-state index is 0.0600. The number of pyridine rings is 1. The maximum Gasteiger partial charge on any atom is 0.168 e. The zero-order chi connectivity index (χ0) is 12.3. The molecule has 0 bridgehead atoms. The topological polar surface area (TPSA) is 37.0 Å². The van der Waals surface area contributed by atoms with E-state index >= 15 is 0 Å². The smallest absolute Gasteiger partial charge is 0.168 e. The van der Waals surface area contributed by atoms with Crippen LogP contribution in [0.1, 0.15) is 27.7 Å². The Kier molecular flexibility index (Phi) is 3.67. The third-order valence-electron chi connectivity index (χ3n) is 1.77. The monoisotopic (exact) mass is 229 g/mol. The first-order valence-corrected chi connectivity index (χ1v) is 5.21. The molecule has 0 saturated carbocycles. The van der Waals surface area contributed by atoms with Crippen molar-refractivity contribution in [1.82, 2.24) is 4.98 Å². The molecule has 0 spiro atoms. The third-order valence-corrected chi connectivity index (χ3v) is 1.77. The van der Waals surface area contributed by atoms with E-state index in [4.69, 9.17) is 0 Å². The van der Waals surface area contributed by atoms with Crippen LogP contribution in [0.5, 0.6) is 0 Å². The number of nitrogens with one attached hydrogen (secondary N) is 2. The molecule has 0 aliphatic heterocycles. The summed E-state index contributed by atoms with van der Waals surface area (Å²) in [6, 6.07) is 0.832. The number of anilines is 2. The average Bonchev–Trinajstić information content (AvgIpc) is 2.11. The van der Waals surface area contributed by atoms with E-state index in [1.165, 1.54) is 0 Å². The fraction of sp³-hybridized carbons (Fsp3) is 0.545. The first-order valence-electron chi connectivity index (χ1n) is 5.21. The summed E-state index contributed by atoms with van der Waals surface area (Å²) in [4.78, 5) is 3.87. The normalized spacial score (nSPS) is 11.4. The number of halogens is 2. The minimum Gasteiger partial charge on any atom is -0.368 e. The second kappa shape index (κ2) is 4.63. The second-order valence-corrected chi connectivity index (χ2v) is 4.55. The van der Waals surface area contributed by atoms with Crippen molar-refractivity contribution in [3.8, 4) is 0 Å². The summed E-state index contributed by atoms with van der Waals surface area (Å²) in [5, 5.41) is 5.62. The lowest BCUT2D eigenvalue weighted by Gasteiger charge is -2.22. The number of hydrogen-bond acceptors (Lipinski definition) is 3. The molecule has 0 aliphatic carbocycles. The summed E-state index contributed by atoms with van der Waals surface area (Å²) in [6.45, 7) is 7.99. The van der Waals surface area contributed by atoms with E-state index in [2.05, 4.69) is 15.6 Å². The molecule has 0 amide bonds. The van der Waals surface area contributed by atoms with Gasteiger partial charge in [0, 0.05) is 18.2 Å². The van der Waals surface area contributed by atoms with Gasteiger partial charge in [-0.25, -0.2) is 13.8 Å².